The van der Waals surface area contributed by atoms with Crippen LogP contribution in [0, 0.1) is 11.4 Å². The molecule has 208 valence electrons. The first-order valence-electron chi connectivity index (χ1n) is 12.7. The van der Waals surface area contributed by atoms with Crippen LogP contribution in [-0.2, 0) is 9.59 Å². The zero-order valence-corrected chi connectivity index (χ0v) is 21.3. The fourth-order valence-electron chi connectivity index (χ4n) is 5.97. The maximum Gasteiger partial charge on any atom is 0.263 e. The van der Waals surface area contributed by atoms with Crippen LogP contribution in [0.2, 0.25) is 0 Å². The molecule has 12 heteroatoms. The second kappa shape index (κ2) is 9.24. The Hall–Kier alpha value is -4.09. The molecule has 0 bridgehead atoms. The molecule has 0 radical (unpaired) electrons. The number of pyridine rings is 2. The van der Waals surface area contributed by atoms with Gasteiger partial charge in [-0.1, -0.05) is 18.2 Å². The molecule has 2 amide bonds. The zero-order chi connectivity index (χ0) is 28.4. The fraction of sp³-hybridized carbons (Fsp3) is 0.357. The Bertz CT molecular complexity index is 1500. The van der Waals surface area contributed by atoms with Gasteiger partial charge in [0.05, 0.1) is 22.9 Å². The number of amides is 2. The van der Waals surface area contributed by atoms with Crippen molar-refractivity contribution < 1.29 is 31.5 Å². The van der Waals surface area contributed by atoms with E-state index in [1.165, 1.54) is 36.5 Å². The molecular formula is C28H24F5N5O2. The van der Waals surface area contributed by atoms with Gasteiger partial charge >= 0.3 is 0 Å². The van der Waals surface area contributed by atoms with E-state index >= 15 is 4.39 Å². The standard InChI is InChI=1S/C28H24F5N5O2/c1-15-23-18(3-2-8-34-23)22-19(9-20(36-25(22)31)37-13-27(14-37)11-28(32,33)12-27)38(26(15)40)10-21(39)35-17-6-4-16(5-7-17)24(29)30/h2-9,15,24H,10-14H2,1H3,(H,35,39). The summed E-state index contributed by atoms with van der Waals surface area (Å²) in [4.78, 5) is 38.0. The number of hydrogen-bond donors (Lipinski definition) is 1. The van der Waals surface area contributed by atoms with Crippen LogP contribution in [0.1, 0.15) is 43.4 Å². The summed E-state index contributed by atoms with van der Waals surface area (Å²) in [5.41, 5.74) is 0.307. The number of aromatic nitrogens is 2. The molecular weight excluding hydrogens is 533 g/mol. The fourth-order valence-corrected chi connectivity index (χ4v) is 5.97. The number of halogens is 5. The average Bonchev–Trinajstić information content (AvgIpc) is 2.95. The van der Waals surface area contributed by atoms with Crippen molar-refractivity contribution in [3.8, 4) is 11.1 Å². The van der Waals surface area contributed by atoms with Crippen molar-refractivity contribution >= 4 is 29.0 Å². The van der Waals surface area contributed by atoms with Crippen LogP contribution in [0.3, 0.4) is 0 Å². The van der Waals surface area contributed by atoms with Crippen LogP contribution in [0.15, 0.2) is 48.7 Å². The molecule has 4 heterocycles. The van der Waals surface area contributed by atoms with Gasteiger partial charge in [-0.3, -0.25) is 14.6 Å². The number of nitrogens with one attached hydrogen (secondary N) is 1. The number of nitrogens with zero attached hydrogens (tertiary/aromatic N) is 4. The van der Waals surface area contributed by atoms with E-state index in [1.54, 1.807) is 24.0 Å². The van der Waals surface area contributed by atoms with Crippen LogP contribution < -0.4 is 15.1 Å². The third-order valence-corrected chi connectivity index (χ3v) is 7.78. The van der Waals surface area contributed by atoms with Gasteiger partial charge in [0.15, 0.2) is 0 Å². The van der Waals surface area contributed by atoms with Gasteiger partial charge in [0.2, 0.25) is 23.7 Å². The van der Waals surface area contributed by atoms with Crippen LogP contribution in [0.4, 0.5) is 39.1 Å². The average molecular weight is 558 g/mol. The minimum Gasteiger partial charge on any atom is -0.355 e. The highest BCUT2D eigenvalue weighted by atomic mass is 19.3. The molecule has 1 unspecified atom stereocenters. The molecule has 6 rings (SSSR count). The van der Waals surface area contributed by atoms with E-state index in [0.717, 1.165) is 4.90 Å². The molecule has 2 fully saturated rings. The Morgan fingerprint density at radius 3 is 2.50 bits per heavy atom. The highest BCUT2D eigenvalue weighted by molar-refractivity contribution is 6.09. The molecule has 1 aliphatic carbocycles. The molecule has 7 nitrogen and oxygen atoms in total. The van der Waals surface area contributed by atoms with E-state index in [2.05, 4.69) is 15.3 Å². The lowest BCUT2D eigenvalue weighted by atomic mass is 9.61. The van der Waals surface area contributed by atoms with E-state index < -0.39 is 48.0 Å². The summed E-state index contributed by atoms with van der Waals surface area (Å²) in [7, 11) is 0. The lowest BCUT2D eigenvalue weighted by Crippen LogP contribution is -2.66. The molecule has 1 atom stereocenters. The minimum absolute atomic E-state index is 0.00375. The second-order valence-electron chi connectivity index (χ2n) is 10.8. The normalized spacial score (nSPS) is 20.4. The van der Waals surface area contributed by atoms with E-state index in [-0.39, 0.29) is 54.3 Å². The lowest BCUT2D eigenvalue weighted by molar-refractivity contribution is -0.170. The Morgan fingerprint density at radius 1 is 1.15 bits per heavy atom. The zero-order valence-electron chi connectivity index (χ0n) is 21.3. The highest BCUT2D eigenvalue weighted by Crippen LogP contribution is 2.57. The largest absolute Gasteiger partial charge is 0.355 e. The van der Waals surface area contributed by atoms with Crippen molar-refractivity contribution in [3.63, 3.8) is 0 Å². The summed E-state index contributed by atoms with van der Waals surface area (Å²) in [5, 5.41) is 2.59. The van der Waals surface area contributed by atoms with Gasteiger partial charge in [0, 0.05) is 60.4 Å². The number of carbonyl (C=O) groups excluding carboxylic acids is 2. The Balaban J connectivity index is 1.33. The van der Waals surface area contributed by atoms with E-state index in [1.807, 2.05) is 0 Å². The van der Waals surface area contributed by atoms with E-state index in [4.69, 9.17) is 0 Å². The van der Waals surface area contributed by atoms with Gasteiger partial charge in [-0.15, -0.1) is 0 Å². The van der Waals surface area contributed by atoms with Gasteiger partial charge in [0.25, 0.3) is 6.43 Å². The SMILES string of the molecule is CC1C(=O)N(CC(=O)Nc2ccc(C(F)F)cc2)c2cc(N3CC4(C3)CC(F)(F)C4)nc(F)c2-c2cccnc21. The molecule has 1 aromatic carbocycles. The predicted octanol–water partition coefficient (Wildman–Crippen LogP) is 5.54. The summed E-state index contributed by atoms with van der Waals surface area (Å²) < 4.78 is 68.5. The summed E-state index contributed by atoms with van der Waals surface area (Å²) in [6.07, 6.45) is -1.64. The molecule has 1 saturated carbocycles. The second-order valence-corrected chi connectivity index (χ2v) is 10.8. The number of rotatable bonds is 5. The highest BCUT2D eigenvalue weighted by Gasteiger charge is 2.62. The molecule has 3 aromatic rings. The summed E-state index contributed by atoms with van der Waals surface area (Å²) in [5.74, 6) is -5.35. The van der Waals surface area contributed by atoms with Crippen molar-refractivity contribution in [3.05, 3.63) is 65.9 Å². The van der Waals surface area contributed by atoms with Crippen LogP contribution >= 0.6 is 0 Å². The Labute approximate surface area is 226 Å². The third kappa shape index (κ3) is 4.44. The number of alkyl halides is 4. The van der Waals surface area contributed by atoms with Gasteiger partial charge < -0.3 is 15.1 Å². The molecule has 3 aliphatic rings. The molecule has 2 aliphatic heterocycles. The van der Waals surface area contributed by atoms with Gasteiger partial charge in [-0.25, -0.2) is 22.5 Å². The first kappa shape index (κ1) is 26.1. The monoisotopic (exact) mass is 557 g/mol. The van der Waals surface area contributed by atoms with Crippen molar-refractivity contribution in [1.82, 2.24) is 9.97 Å². The third-order valence-electron chi connectivity index (χ3n) is 7.78. The molecule has 1 N–H and O–H groups in total. The Kier molecular flexibility index (Phi) is 6.04. The summed E-state index contributed by atoms with van der Waals surface area (Å²) in [6.45, 7) is 1.67. The van der Waals surface area contributed by atoms with E-state index in [0.29, 0.717) is 11.3 Å². The molecule has 2 aromatic heterocycles. The van der Waals surface area contributed by atoms with Crippen molar-refractivity contribution in [2.75, 3.05) is 34.8 Å². The molecule has 40 heavy (non-hydrogen) atoms. The minimum atomic E-state index is -2.69. The number of hydrogen-bond acceptors (Lipinski definition) is 5. The maximum atomic E-state index is 15.8. The van der Waals surface area contributed by atoms with Gasteiger partial charge in [-0.2, -0.15) is 4.39 Å². The first-order valence-corrected chi connectivity index (χ1v) is 12.7. The van der Waals surface area contributed by atoms with Crippen LogP contribution in [-0.4, -0.2) is 47.3 Å². The molecule has 1 spiro atoms. The Morgan fingerprint density at radius 2 is 1.85 bits per heavy atom. The number of fused-ring (bicyclic) bond motifs is 3. The number of carbonyl (C=O) groups is 2. The van der Waals surface area contributed by atoms with Crippen molar-refractivity contribution in [1.29, 1.82) is 0 Å². The van der Waals surface area contributed by atoms with Crippen LogP contribution in [0.5, 0.6) is 0 Å². The quantitative estimate of drug-likeness (QED) is 0.329. The summed E-state index contributed by atoms with van der Waals surface area (Å²) >= 11 is 0. The smallest absolute Gasteiger partial charge is 0.263 e. The maximum absolute atomic E-state index is 15.8. The number of benzene rings is 1. The molecule has 1 saturated heterocycles. The topological polar surface area (TPSA) is 78.4 Å². The lowest BCUT2D eigenvalue weighted by Gasteiger charge is -2.59. The van der Waals surface area contributed by atoms with Crippen molar-refractivity contribution in [2.45, 2.75) is 38.0 Å². The van der Waals surface area contributed by atoms with Gasteiger partial charge in [-0.05, 0) is 25.1 Å². The van der Waals surface area contributed by atoms with Gasteiger partial charge in [0.1, 0.15) is 12.4 Å². The summed E-state index contributed by atoms with van der Waals surface area (Å²) in [6, 6.07) is 9.74. The van der Waals surface area contributed by atoms with Crippen LogP contribution in [0.25, 0.3) is 11.1 Å². The van der Waals surface area contributed by atoms with Crippen molar-refractivity contribution in [2.24, 2.45) is 5.41 Å². The van der Waals surface area contributed by atoms with E-state index in [9.17, 15) is 27.2 Å². The first-order chi connectivity index (χ1) is 19.0. The predicted molar refractivity (Wildman–Crippen MR) is 137 cm³/mol. The number of anilines is 3.